The number of rotatable bonds is 0. The number of pyridine rings is 1. The number of hydrogen-bond acceptors (Lipinski definition) is 4. The van der Waals surface area contributed by atoms with Crippen molar-refractivity contribution < 1.29 is 4.79 Å². The molecule has 0 spiro atoms. The fourth-order valence-corrected chi connectivity index (χ4v) is 2.47. The summed E-state index contributed by atoms with van der Waals surface area (Å²) in [6, 6.07) is 3.73. The molecule has 3 rings (SSSR count). The van der Waals surface area contributed by atoms with Crippen LogP contribution in [0.5, 0.6) is 0 Å². The van der Waals surface area contributed by atoms with E-state index < -0.39 is 0 Å². The zero-order chi connectivity index (χ0) is 11.1. The van der Waals surface area contributed by atoms with Crippen LogP contribution < -0.4 is 11.1 Å². The summed E-state index contributed by atoms with van der Waals surface area (Å²) in [7, 11) is 0. The molecule has 0 saturated carbocycles. The van der Waals surface area contributed by atoms with Gasteiger partial charge in [-0.1, -0.05) is 6.07 Å². The van der Waals surface area contributed by atoms with Crippen molar-refractivity contribution >= 4 is 17.5 Å². The number of anilines is 2. The number of aromatic nitrogens is 1. The smallest absolute Gasteiger partial charge is 0.242 e. The molecule has 1 aromatic rings. The molecule has 1 atom stereocenters. The van der Waals surface area contributed by atoms with Gasteiger partial charge < -0.3 is 11.1 Å². The topological polar surface area (TPSA) is 71.2 Å². The van der Waals surface area contributed by atoms with Crippen molar-refractivity contribution in [1.82, 2.24) is 9.88 Å². The Labute approximate surface area is 93.6 Å². The van der Waals surface area contributed by atoms with Crippen molar-refractivity contribution in [2.24, 2.45) is 0 Å². The Kier molecular flexibility index (Phi) is 2.07. The third-order valence-electron chi connectivity index (χ3n) is 3.28. The summed E-state index contributed by atoms with van der Waals surface area (Å²) in [5, 5.41) is 2.86. The fourth-order valence-electron chi connectivity index (χ4n) is 2.47. The van der Waals surface area contributed by atoms with Crippen molar-refractivity contribution in [1.29, 1.82) is 0 Å². The molecule has 2 aliphatic rings. The second kappa shape index (κ2) is 3.45. The van der Waals surface area contributed by atoms with E-state index in [1.165, 1.54) is 0 Å². The van der Waals surface area contributed by atoms with E-state index in [1.54, 1.807) is 6.07 Å². The number of nitrogens with zero attached hydrogens (tertiary/aromatic N) is 2. The monoisotopic (exact) mass is 218 g/mol. The Morgan fingerprint density at radius 2 is 2.38 bits per heavy atom. The maximum atomic E-state index is 11.9. The first-order valence-corrected chi connectivity index (χ1v) is 5.54. The highest BCUT2D eigenvalue weighted by Crippen LogP contribution is 2.27. The Morgan fingerprint density at radius 3 is 3.25 bits per heavy atom. The number of nitrogens with two attached hydrogens (primary N) is 1. The predicted octanol–water partition coefficient (Wildman–Crippen LogP) is 0.580. The van der Waals surface area contributed by atoms with Gasteiger partial charge in [-0.05, 0) is 25.5 Å². The summed E-state index contributed by atoms with van der Waals surface area (Å²) < 4.78 is 0. The molecular weight excluding hydrogens is 204 g/mol. The summed E-state index contributed by atoms with van der Waals surface area (Å²) in [6.45, 7) is 1.77. The lowest BCUT2D eigenvalue weighted by Crippen LogP contribution is -2.36. The molecule has 2 aliphatic heterocycles. The van der Waals surface area contributed by atoms with E-state index in [-0.39, 0.29) is 11.9 Å². The minimum atomic E-state index is 0.00965. The molecule has 0 aromatic carbocycles. The second-order valence-corrected chi connectivity index (χ2v) is 4.36. The van der Waals surface area contributed by atoms with Gasteiger partial charge in [0.05, 0.1) is 6.04 Å². The first-order valence-electron chi connectivity index (χ1n) is 5.54. The van der Waals surface area contributed by atoms with Gasteiger partial charge in [0, 0.05) is 12.1 Å². The van der Waals surface area contributed by atoms with Crippen LogP contribution in [-0.2, 0) is 11.3 Å². The first-order chi connectivity index (χ1) is 7.74. The number of fused-ring (bicyclic) bond motifs is 2. The van der Waals surface area contributed by atoms with E-state index in [1.807, 2.05) is 6.07 Å². The molecule has 0 unspecified atom stereocenters. The summed E-state index contributed by atoms with van der Waals surface area (Å²) in [5.41, 5.74) is 6.67. The molecular formula is C11H14N4O. The van der Waals surface area contributed by atoms with Crippen molar-refractivity contribution in [3.8, 4) is 0 Å². The standard InChI is InChI=1S/C11H14N4O/c12-9-4-3-7-6-15-5-1-2-8(15)11(16)14-10(7)13-9/h3-4,8H,1-2,5-6H2,(H3,12,13,14,16)/t8-/m0/s1. The Balaban J connectivity index is 2.01. The molecule has 0 radical (unpaired) electrons. The number of nitrogens with one attached hydrogen (secondary N) is 1. The highest BCUT2D eigenvalue weighted by molar-refractivity contribution is 5.95. The van der Waals surface area contributed by atoms with Crippen LogP contribution in [0, 0.1) is 0 Å². The van der Waals surface area contributed by atoms with Crippen molar-refractivity contribution in [2.45, 2.75) is 25.4 Å². The highest BCUT2D eigenvalue weighted by atomic mass is 16.2. The van der Waals surface area contributed by atoms with Gasteiger partial charge in [0.2, 0.25) is 5.91 Å². The van der Waals surface area contributed by atoms with Crippen LogP contribution in [0.4, 0.5) is 11.6 Å². The van der Waals surface area contributed by atoms with Crippen molar-refractivity contribution in [3.05, 3.63) is 17.7 Å². The van der Waals surface area contributed by atoms with Crippen LogP contribution in [0.25, 0.3) is 0 Å². The Hall–Kier alpha value is -1.62. The van der Waals surface area contributed by atoms with Crippen LogP contribution in [0.3, 0.4) is 0 Å². The van der Waals surface area contributed by atoms with Gasteiger partial charge in [-0.3, -0.25) is 9.69 Å². The molecule has 1 amide bonds. The highest BCUT2D eigenvalue weighted by Gasteiger charge is 2.34. The molecule has 1 fully saturated rings. The maximum absolute atomic E-state index is 11.9. The SMILES string of the molecule is Nc1ccc2c(n1)NC(=O)[C@@H]1CCCN1C2. The fraction of sp³-hybridized carbons (Fsp3) is 0.455. The second-order valence-electron chi connectivity index (χ2n) is 4.36. The lowest BCUT2D eigenvalue weighted by molar-refractivity contribution is -0.120. The normalized spacial score (nSPS) is 24.5. The first kappa shape index (κ1) is 9.59. The summed E-state index contributed by atoms with van der Waals surface area (Å²) in [4.78, 5) is 18.3. The van der Waals surface area contributed by atoms with Gasteiger partial charge in [0.25, 0.3) is 0 Å². The van der Waals surface area contributed by atoms with E-state index >= 15 is 0 Å². The van der Waals surface area contributed by atoms with Gasteiger partial charge >= 0.3 is 0 Å². The van der Waals surface area contributed by atoms with Crippen LogP contribution in [0.15, 0.2) is 12.1 Å². The van der Waals surface area contributed by atoms with E-state index in [9.17, 15) is 4.79 Å². The molecule has 1 saturated heterocycles. The zero-order valence-corrected chi connectivity index (χ0v) is 8.94. The predicted molar refractivity (Wildman–Crippen MR) is 60.7 cm³/mol. The number of amides is 1. The number of nitrogen functional groups attached to an aromatic ring is 1. The van der Waals surface area contributed by atoms with E-state index in [0.29, 0.717) is 11.6 Å². The number of carbonyl (C=O) groups excluding carboxylic acids is 1. The lowest BCUT2D eigenvalue weighted by atomic mass is 10.2. The third-order valence-corrected chi connectivity index (χ3v) is 3.28. The maximum Gasteiger partial charge on any atom is 0.242 e. The summed E-state index contributed by atoms with van der Waals surface area (Å²) in [5.74, 6) is 1.12. The van der Waals surface area contributed by atoms with Crippen LogP contribution in [0.1, 0.15) is 18.4 Å². The molecule has 5 heteroatoms. The van der Waals surface area contributed by atoms with E-state index in [4.69, 9.17) is 5.73 Å². The van der Waals surface area contributed by atoms with E-state index in [2.05, 4.69) is 15.2 Å². The Bertz CT molecular complexity index is 446. The number of hydrogen-bond donors (Lipinski definition) is 2. The quantitative estimate of drug-likeness (QED) is 0.668. The molecule has 3 heterocycles. The summed E-state index contributed by atoms with van der Waals surface area (Å²) >= 11 is 0. The van der Waals surface area contributed by atoms with Crippen LogP contribution in [-0.4, -0.2) is 28.4 Å². The number of carbonyl (C=O) groups is 1. The van der Waals surface area contributed by atoms with Gasteiger partial charge in [-0.25, -0.2) is 4.98 Å². The van der Waals surface area contributed by atoms with Gasteiger partial charge in [-0.2, -0.15) is 0 Å². The Morgan fingerprint density at radius 1 is 1.50 bits per heavy atom. The largest absolute Gasteiger partial charge is 0.384 e. The van der Waals surface area contributed by atoms with Crippen LogP contribution in [0.2, 0.25) is 0 Å². The molecule has 84 valence electrons. The molecule has 0 bridgehead atoms. The molecule has 0 aliphatic carbocycles. The minimum Gasteiger partial charge on any atom is -0.384 e. The zero-order valence-electron chi connectivity index (χ0n) is 8.94. The van der Waals surface area contributed by atoms with Crippen molar-refractivity contribution in [2.75, 3.05) is 17.6 Å². The molecule has 3 N–H and O–H groups in total. The minimum absolute atomic E-state index is 0.00965. The van der Waals surface area contributed by atoms with Gasteiger partial charge in [0.1, 0.15) is 11.6 Å². The van der Waals surface area contributed by atoms with Gasteiger partial charge in [0.15, 0.2) is 0 Å². The average molecular weight is 218 g/mol. The summed E-state index contributed by atoms with van der Waals surface area (Å²) in [6.07, 6.45) is 2.03. The molecule has 5 nitrogen and oxygen atoms in total. The van der Waals surface area contributed by atoms with Crippen molar-refractivity contribution in [3.63, 3.8) is 0 Å². The van der Waals surface area contributed by atoms with Gasteiger partial charge in [-0.15, -0.1) is 0 Å². The van der Waals surface area contributed by atoms with Crippen LogP contribution >= 0.6 is 0 Å². The average Bonchev–Trinajstić information content (AvgIpc) is 2.65. The molecule has 1 aromatic heterocycles. The third kappa shape index (κ3) is 1.44. The van der Waals surface area contributed by atoms with E-state index in [0.717, 1.165) is 31.5 Å². The molecule has 16 heavy (non-hydrogen) atoms. The lowest BCUT2D eigenvalue weighted by Gasteiger charge is -2.18.